The van der Waals surface area contributed by atoms with Crippen LogP contribution in [0.3, 0.4) is 0 Å². The topological polar surface area (TPSA) is 61.4 Å². The molecule has 16 heavy (non-hydrogen) atoms. The molecule has 4 heteroatoms. The van der Waals surface area contributed by atoms with Crippen molar-refractivity contribution in [3.05, 3.63) is 0 Å². The summed E-state index contributed by atoms with van der Waals surface area (Å²) in [5.74, 6) is 0.456. The van der Waals surface area contributed by atoms with Crippen LogP contribution in [0.5, 0.6) is 0 Å². The van der Waals surface area contributed by atoms with Gasteiger partial charge in [0.2, 0.25) is 5.91 Å². The maximum absolute atomic E-state index is 11.6. The van der Waals surface area contributed by atoms with Gasteiger partial charge in [0.25, 0.3) is 0 Å². The molecule has 1 aliphatic rings. The summed E-state index contributed by atoms with van der Waals surface area (Å²) in [7, 11) is 0. The Labute approximate surface area is 97.8 Å². The largest absolute Gasteiger partial charge is 0.393 e. The quantitative estimate of drug-likeness (QED) is 0.625. The Morgan fingerprint density at radius 2 is 2.31 bits per heavy atom. The van der Waals surface area contributed by atoms with Crippen LogP contribution in [-0.2, 0) is 4.79 Å². The molecule has 3 unspecified atom stereocenters. The van der Waals surface area contributed by atoms with Crippen LogP contribution < -0.4 is 10.6 Å². The molecule has 0 spiro atoms. The molecule has 0 aromatic rings. The van der Waals surface area contributed by atoms with E-state index in [-0.39, 0.29) is 12.0 Å². The maximum Gasteiger partial charge on any atom is 0.221 e. The van der Waals surface area contributed by atoms with Crippen molar-refractivity contribution in [2.24, 2.45) is 5.92 Å². The first kappa shape index (κ1) is 13.5. The van der Waals surface area contributed by atoms with Crippen molar-refractivity contribution in [2.75, 3.05) is 13.1 Å². The van der Waals surface area contributed by atoms with E-state index < -0.39 is 0 Å². The van der Waals surface area contributed by atoms with Crippen LogP contribution in [0.15, 0.2) is 0 Å². The SMILES string of the molecule is CC(O)CC(C)CNC(=O)CC1CCCN1. The Morgan fingerprint density at radius 1 is 1.56 bits per heavy atom. The van der Waals surface area contributed by atoms with Gasteiger partial charge in [0.05, 0.1) is 6.10 Å². The molecule has 1 fully saturated rings. The van der Waals surface area contributed by atoms with Crippen molar-refractivity contribution in [3.8, 4) is 0 Å². The molecule has 0 aromatic carbocycles. The lowest BCUT2D eigenvalue weighted by Crippen LogP contribution is -2.34. The molecule has 3 atom stereocenters. The highest BCUT2D eigenvalue weighted by molar-refractivity contribution is 5.76. The predicted molar refractivity (Wildman–Crippen MR) is 64.1 cm³/mol. The van der Waals surface area contributed by atoms with E-state index in [0.29, 0.717) is 24.9 Å². The van der Waals surface area contributed by atoms with Crippen LogP contribution in [0.4, 0.5) is 0 Å². The molecule has 1 rings (SSSR count). The zero-order valence-corrected chi connectivity index (χ0v) is 10.3. The molecule has 1 heterocycles. The average Bonchev–Trinajstić information content (AvgIpc) is 2.66. The number of hydrogen-bond acceptors (Lipinski definition) is 3. The van der Waals surface area contributed by atoms with Crippen molar-refractivity contribution in [1.82, 2.24) is 10.6 Å². The molecular weight excluding hydrogens is 204 g/mol. The zero-order valence-electron chi connectivity index (χ0n) is 10.3. The number of aliphatic hydroxyl groups excluding tert-OH is 1. The summed E-state index contributed by atoms with van der Waals surface area (Å²) < 4.78 is 0. The Kier molecular flexibility index (Phi) is 5.77. The van der Waals surface area contributed by atoms with Crippen LogP contribution in [0.25, 0.3) is 0 Å². The number of aliphatic hydroxyl groups is 1. The molecule has 0 aromatic heterocycles. The van der Waals surface area contributed by atoms with Gasteiger partial charge < -0.3 is 15.7 Å². The highest BCUT2D eigenvalue weighted by Crippen LogP contribution is 2.09. The maximum atomic E-state index is 11.6. The van der Waals surface area contributed by atoms with Crippen molar-refractivity contribution < 1.29 is 9.90 Å². The van der Waals surface area contributed by atoms with E-state index in [0.717, 1.165) is 19.4 Å². The molecular formula is C12H24N2O2. The smallest absolute Gasteiger partial charge is 0.221 e. The van der Waals surface area contributed by atoms with Gasteiger partial charge in [0.15, 0.2) is 0 Å². The number of carbonyl (C=O) groups is 1. The van der Waals surface area contributed by atoms with Crippen LogP contribution in [0.1, 0.15) is 39.5 Å². The number of rotatable bonds is 6. The Balaban J connectivity index is 2.09. The van der Waals surface area contributed by atoms with E-state index in [1.807, 2.05) is 6.92 Å². The normalized spacial score (nSPS) is 24.1. The third kappa shape index (κ3) is 5.47. The summed E-state index contributed by atoms with van der Waals surface area (Å²) in [5.41, 5.74) is 0. The predicted octanol–water partition coefficient (Wildman–Crippen LogP) is 0.652. The molecule has 1 aliphatic heterocycles. The van der Waals surface area contributed by atoms with Gasteiger partial charge in [-0.2, -0.15) is 0 Å². The second-order valence-electron chi connectivity index (χ2n) is 4.99. The summed E-state index contributed by atoms with van der Waals surface area (Å²) in [5, 5.41) is 15.4. The molecule has 0 bridgehead atoms. The zero-order chi connectivity index (χ0) is 12.0. The summed E-state index contributed by atoms with van der Waals surface area (Å²) >= 11 is 0. The van der Waals surface area contributed by atoms with Gasteiger partial charge in [-0.1, -0.05) is 6.92 Å². The Hall–Kier alpha value is -0.610. The highest BCUT2D eigenvalue weighted by Gasteiger charge is 2.17. The standard InChI is InChI=1S/C12H24N2O2/c1-9(6-10(2)15)8-14-12(16)7-11-4-3-5-13-11/h9-11,13,15H,3-8H2,1-2H3,(H,14,16). The third-order valence-electron chi connectivity index (χ3n) is 2.99. The van der Waals surface area contributed by atoms with E-state index in [9.17, 15) is 9.90 Å². The molecule has 1 amide bonds. The Bertz CT molecular complexity index is 213. The van der Waals surface area contributed by atoms with Crippen LogP contribution in [0, 0.1) is 5.92 Å². The van der Waals surface area contributed by atoms with Gasteiger partial charge in [0.1, 0.15) is 0 Å². The van der Waals surface area contributed by atoms with Crippen LogP contribution in [-0.4, -0.2) is 36.2 Å². The average molecular weight is 228 g/mol. The molecule has 3 N–H and O–H groups in total. The minimum absolute atomic E-state index is 0.122. The van der Waals surface area contributed by atoms with E-state index >= 15 is 0 Å². The fourth-order valence-corrected chi connectivity index (χ4v) is 2.18. The molecule has 4 nitrogen and oxygen atoms in total. The lowest BCUT2D eigenvalue weighted by Gasteiger charge is -2.15. The monoisotopic (exact) mass is 228 g/mol. The fraction of sp³-hybridized carbons (Fsp3) is 0.917. The second-order valence-corrected chi connectivity index (χ2v) is 4.99. The number of nitrogens with one attached hydrogen (secondary N) is 2. The lowest BCUT2D eigenvalue weighted by molar-refractivity contribution is -0.121. The molecule has 0 aliphatic carbocycles. The second kappa shape index (κ2) is 6.86. The molecule has 94 valence electrons. The fourth-order valence-electron chi connectivity index (χ4n) is 2.18. The first-order valence-electron chi connectivity index (χ1n) is 6.26. The first-order valence-corrected chi connectivity index (χ1v) is 6.26. The summed E-state index contributed by atoms with van der Waals surface area (Å²) in [6.45, 7) is 5.52. The van der Waals surface area contributed by atoms with Crippen LogP contribution >= 0.6 is 0 Å². The number of hydrogen-bond donors (Lipinski definition) is 3. The van der Waals surface area contributed by atoms with E-state index in [2.05, 4.69) is 10.6 Å². The first-order chi connectivity index (χ1) is 7.58. The minimum Gasteiger partial charge on any atom is -0.393 e. The lowest BCUT2D eigenvalue weighted by atomic mass is 10.0. The van der Waals surface area contributed by atoms with Crippen molar-refractivity contribution >= 4 is 5.91 Å². The van der Waals surface area contributed by atoms with Gasteiger partial charge in [-0.25, -0.2) is 0 Å². The summed E-state index contributed by atoms with van der Waals surface area (Å²) in [4.78, 5) is 11.6. The minimum atomic E-state index is -0.289. The van der Waals surface area contributed by atoms with E-state index in [1.54, 1.807) is 6.92 Å². The van der Waals surface area contributed by atoms with Crippen molar-refractivity contribution in [1.29, 1.82) is 0 Å². The molecule has 1 saturated heterocycles. The van der Waals surface area contributed by atoms with Crippen molar-refractivity contribution in [3.63, 3.8) is 0 Å². The molecule has 0 saturated carbocycles. The van der Waals surface area contributed by atoms with Gasteiger partial charge in [0, 0.05) is 19.0 Å². The van der Waals surface area contributed by atoms with E-state index in [1.165, 1.54) is 6.42 Å². The molecule has 0 radical (unpaired) electrons. The van der Waals surface area contributed by atoms with Gasteiger partial charge >= 0.3 is 0 Å². The van der Waals surface area contributed by atoms with Gasteiger partial charge in [-0.05, 0) is 38.6 Å². The van der Waals surface area contributed by atoms with Crippen molar-refractivity contribution in [2.45, 2.75) is 51.7 Å². The third-order valence-corrected chi connectivity index (χ3v) is 2.99. The van der Waals surface area contributed by atoms with E-state index in [4.69, 9.17) is 0 Å². The highest BCUT2D eigenvalue weighted by atomic mass is 16.3. The van der Waals surface area contributed by atoms with Gasteiger partial charge in [-0.15, -0.1) is 0 Å². The van der Waals surface area contributed by atoms with Crippen LogP contribution in [0.2, 0.25) is 0 Å². The number of carbonyl (C=O) groups excluding carboxylic acids is 1. The summed E-state index contributed by atoms with van der Waals surface area (Å²) in [6.07, 6.45) is 3.32. The number of amides is 1. The Morgan fingerprint density at radius 3 is 2.88 bits per heavy atom. The van der Waals surface area contributed by atoms with Gasteiger partial charge in [-0.3, -0.25) is 4.79 Å². The summed E-state index contributed by atoms with van der Waals surface area (Å²) in [6, 6.07) is 0.368.